The van der Waals surface area contributed by atoms with Crippen molar-refractivity contribution >= 4 is 5.78 Å². The number of hydrogen-bond donors (Lipinski definition) is 0. The molecule has 0 aliphatic rings. The predicted molar refractivity (Wildman–Crippen MR) is 53.4 cm³/mol. The largest absolute Gasteiger partial charge is 0.298 e. The van der Waals surface area contributed by atoms with E-state index in [1.54, 1.807) is 13.8 Å². The van der Waals surface area contributed by atoms with Crippen LogP contribution in [-0.2, 0) is 4.79 Å². The lowest BCUT2D eigenvalue weighted by Crippen LogP contribution is -2.46. The molecule has 2 heteroatoms. The van der Waals surface area contributed by atoms with Crippen molar-refractivity contribution in [2.75, 3.05) is 0 Å². The van der Waals surface area contributed by atoms with Crippen molar-refractivity contribution in [3.8, 4) is 0 Å². The van der Waals surface area contributed by atoms with E-state index < -0.39 is 16.5 Å². The molecule has 0 atom stereocenters. The van der Waals surface area contributed by atoms with Crippen LogP contribution in [0.5, 0.6) is 0 Å². The highest BCUT2D eigenvalue weighted by Crippen LogP contribution is 2.40. The lowest BCUT2D eigenvalue weighted by Gasteiger charge is -2.38. The first kappa shape index (κ1) is 12.6. The second-order valence-electron chi connectivity index (χ2n) is 5.68. The summed E-state index contributed by atoms with van der Waals surface area (Å²) in [6.45, 7) is 11.7. The number of rotatable bonds is 2. The lowest BCUT2D eigenvalue weighted by molar-refractivity contribution is -0.142. The number of ketones is 1. The molecule has 0 unspecified atom stereocenters. The van der Waals surface area contributed by atoms with E-state index in [-0.39, 0.29) is 5.78 Å². The highest BCUT2D eigenvalue weighted by Gasteiger charge is 2.47. The van der Waals surface area contributed by atoms with Gasteiger partial charge in [0.1, 0.15) is 11.5 Å². The monoisotopic (exact) mass is 188 g/mol. The SMILES string of the molecule is CC(C)(C)C(=O)C(C)(C)C(C)(C)F. The second-order valence-corrected chi connectivity index (χ2v) is 5.68. The molecule has 0 aromatic carbocycles. The summed E-state index contributed by atoms with van der Waals surface area (Å²) in [5.74, 6) is -0.0347. The van der Waals surface area contributed by atoms with Gasteiger partial charge in [0.2, 0.25) is 0 Å². The van der Waals surface area contributed by atoms with Crippen molar-refractivity contribution in [2.45, 2.75) is 54.1 Å². The van der Waals surface area contributed by atoms with Crippen LogP contribution in [0.3, 0.4) is 0 Å². The molecular weight excluding hydrogens is 167 g/mol. The summed E-state index contributed by atoms with van der Waals surface area (Å²) in [4.78, 5) is 11.9. The zero-order valence-corrected chi connectivity index (χ0v) is 9.79. The molecule has 0 aromatic heterocycles. The Kier molecular flexibility index (Phi) is 2.98. The van der Waals surface area contributed by atoms with Gasteiger partial charge >= 0.3 is 0 Å². The molecule has 0 saturated carbocycles. The van der Waals surface area contributed by atoms with Crippen molar-refractivity contribution in [2.24, 2.45) is 10.8 Å². The first-order valence-electron chi connectivity index (χ1n) is 4.64. The summed E-state index contributed by atoms with van der Waals surface area (Å²) in [5, 5.41) is 0. The first-order valence-corrected chi connectivity index (χ1v) is 4.64. The Balaban J connectivity index is 4.98. The minimum atomic E-state index is -1.47. The molecule has 0 amide bonds. The van der Waals surface area contributed by atoms with Crippen LogP contribution in [0.25, 0.3) is 0 Å². The van der Waals surface area contributed by atoms with E-state index >= 15 is 0 Å². The molecule has 78 valence electrons. The Labute approximate surface area is 80.7 Å². The van der Waals surface area contributed by atoms with E-state index in [0.717, 1.165) is 0 Å². The standard InChI is InChI=1S/C11H21FO/c1-9(2,3)8(13)10(4,5)11(6,7)12/h1-7H3. The summed E-state index contributed by atoms with van der Waals surface area (Å²) in [7, 11) is 0. The minimum absolute atomic E-state index is 0.0347. The van der Waals surface area contributed by atoms with E-state index in [9.17, 15) is 9.18 Å². The molecule has 0 radical (unpaired) electrons. The zero-order chi connectivity index (χ0) is 11.1. The van der Waals surface area contributed by atoms with E-state index in [1.807, 2.05) is 20.8 Å². The van der Waals surface area contributed by atoms with Crippen molar-refractivity contribution in [3.05, 3.63) is 0 Å². The number of hydrogen-bond acceptors (Lipinski definition) is 1. The Bertz CT molecular complexity index is 203. The van der Waals surface area contributed by atoms with Gasteiger partial charge in [0, 0.05) is 5.41 Å². The number of halogens is 1. The van der Waals surface area contributed by atoms with Gasteiger partial charge in [-0.15, -0.1) is 0 Å². The fourth-order valence-corrected chi connectivity index (χ4v) is 1.21. The van der Waals surface area contributed by atoms with Gasteiger partial charge in [-0.05, 0) is 27.7 Å². The van der Waals surface area contributed by atoms with Crippen LogP contribution in [0.2, 0.25) is 0 Å². The second kappa shape index (κ2) is 3.07. The summed E-state index contributed by atoms with van der Waals surface area (Å²) < 4.78 is 13.7. The number of carbonyl (C=O) groups is 1. The van der Waals surface area contributed by atoms with Crippen LogP contribution in [0.1, 0.15) is 48.5 Å². The van der Waals surface area contributed by atoms with Crippen molar-refractivity contribution in [3.63, 3.8) is 0 Å². The normalized spacial score (nSPS) is 14.5. The number of Topliss-reactive ketones (excluding diaryl/α,β-unsaturated/α-hetero) is 1. The lowest BCUT2D eigenvalue weighted by atomic mass is 9.67. The van der Waals surface area contributed by atoms with E-state index in [2.05, 4.69) is 0 Å². The van der Waals surface area contributed by atoms with Gasteiger partial charge in [0.25, 0.3) is 0 Å². The average molecular weight is 188 g/mol. The van der Waals surface area contributed by atoms with Crippen LogP contribution in [-0.4, -0.2) is 11.5 Å². The quantitative estimate of drug-likeness (QED) is 0.649. The minimum Gasteiger partial charge on any atom is -0.298 e. The molecule has 0 aliphatic carbocycles. The third-order valence-corrected chi connectivity index (χ3v) is 2.74. The van der Waals surface area contributed by atoms with Crippen LogP contribution in [0.15, 0.2) is 0 Å². The van der Waals surface area contributed by atoms with Gasteiger partial charge in [0.15, 0.2) is 0 Å². The van der Waals surface area contributed by atoms with Crippen LogP contribution in [0, 0.1) is 10.8 Å². The highest BCUT2D eigenvalue weighted by molar-refractivity contribution is 5.89. The Morgan fingerprint density at radius 2 is 1.23 bits per heavy atom. The fourth-order valence-electron chi connectivity index (χ4n) is 1.21. The van der Waals surface area contributed by atoms with Crippen LogP contribution in [0.4, 0.5) is 4.39 Å². The number of alkyl halides is 1. The molecule has 0 spiro atoms. The van der Waals surface area contributed by atoms with Crippen LogP contribution >= 0.6 is 0 Å². The third kappa shape index (κ3) is 2.52. The maximum atomic E-state index is 13.7. The Hall–Kier alpha value is -0.400. The molecule has 13 heavy (non-hydrogen) atoms. The van der Waals surface area contributed by atoms with Crippen LogP contribution < -0.4 is 0 Å². The number of carbonyl (C=O) groups excluding carboxylic acids is 1. The van der Waals surface area contributed by atoms with E-state index in [4.69, 9.17) is 0 Å². The molecular formula is C11H21FO. The van der Waals surface area contributed by atoms with Gasteiger partial charge in [-0.25, -0.2) is 4.39 Å². The molecule has 0 rings (SSSR count). The Morgan fingerprint density at radius 3 is 1.31 bits per heavy atom. The molecule has 0 N–H and O–H groups in total. The average Bonchev–Trinajstić information content (AvgIpc) is 1.81. The smallest absolute Gasteiger partial charge is 0.146 e. The van der Waals surface area contributed by atoms with E-state index in [0.29, 0.717) is 0 Å². The molecule has 1 nitrogen and oxygen atoms in total. The van der Waals surface area contributed by atoms with Gasteiger partial charge < -0.3 is 0 Å². The third-order valence-electron chi connectivity index (χ3n) is 2.74. The maximum Gasteiger partial charge on any atom is 0.146 e. The summed E-state index contributed by atoms with van der Waals surface area (Å²) in [5.41, 5.74) is -2.88. The van der Waals surface area contributed by atoms with Crippen molar-refractivity contribution in [1.82, 2.24) is 0 Å². The topological polar surface area (TPSA) is 17.1 Å². The molecule has 0 saturated heterocycles. The predicted octanol–water partition coefficient (Wildman–Crippen LogP) is 3.38. The van der Waals surface area contributed by atoms with Gasteiger partial charge in [-0.2, -0.15) is 0 Å². The highest BCUT2D eigenvalue weighted by atomic mass is 19.1. The van der Waals surface area contributed by atoms with Crippen molar-refractivity contribution < 1.29 is 9.18 Å². The van der Waals surface area contributed by atoms with Gasteiger partial charge in [0.05, 0.1) is 5.41 Å². The zero-order valence-electron chi connectivity index (χ0n) is 9.79. The van der Waals surface area contributed by atoms with Crippen molar-refractivity contribution in [1.29, 1.82) is 0 Å². The van der Waals surface area contributed by atoms with Gasteiger partial charge in [-0.1, -0.05) is 20.8 Å². The Morgan fingerprint density at radius 1 is 0.923 bits per heavy atom. The summed E-state index contributed by atoms with van der Waals surface area (Å²) in [6.07, 6.45) is 0. The van der Waals surface area contributed by atoms with Gasteiger partial charge in [-0.3, -0.25) is 4.79 Å². The fraction of sp³-hybridized carbons (Fsp3) is 0.909. The summed E-state index contributed by atoms with van der Waals surface area (Å²) >= 11 is 0. The molecule has 0 heterocycles. The maximum absolute atomic E-state index is 13.7. The first-order chi connectivity index (χ1) is 5.40. The molecule has 0 bridgehead atoms. The summed E-state index contributed by atoms with van der Waals surface area (Å²) in [6, 6.07) is 0. The molecule has 0 aromatic rings. The molecule has 0 aliphatic heterocycles. The molecule has 0 fully saturated rings. The van der Waals surface area contributed by atoms with E-state index in [1.165, 1.54) is 13.8 Å².